The lowest BCUT2D eigenvalue weighted by Gasteiger charge is -2.29. The zero-order chi connectivity index (χ0) is 86.9. The second-order valence-corrected chi connectivity index (χ2v) is 33.7. The van der Waals surface area contributed by atoms with Crippen molar-refractivity contribution < 1.29 is 33.2 Å². The van der Waals surface area contributed by atoms with E-state index in [4.69, 9.17) is 21.6 Å². The highest BCUT2D eigenvalue weighted by atomic mass is 16.3. The van der Waals surface area contributed by atoms with E-state index in [2.05, 4.69) is 193 Å². The third-order valence-corrected chi connectivity index (χ3v) is 25.0. The topological polar surface area (TPSA) is 312 Å². The maximum atomic E-state index is 14.1. The van der Waals surface area contributed by atoms with E-state index in [0.29, 0.717) is 134 Å². The van der Waals surface area contributed by atoms with Gasteiger partial charge in [-0.2, -0.15) is 0 Å². The van der Waals surface area contributed by atoms with Gasteiger partial charge in [-0.15, -0.1) is 0 Å². The Bertz CT molecular complexity index is 4900. The lowest BCUT2D eigenvalue weighted by atomic mass is 9.90. The smallest absolute Gasteiger partial charge is 0.287 e. The quantitative estimate of drug-likeness (QED) is 0.0101. The number of hydrogen-bond donors (Lipinski definition) is 11. The lowest BCUT2D eigenvalue weighted by molar-refractivity contribution is -0.133. The molecule has 0 aliphatic carbocycles. The van der Waals surface area contributed by atoms with Crippen LogP contribution >= 0.6 is 0 Å². The predicted molar refractivity (Wildman–Crippen MR) is 498 cm³/mol. The molecule has 0 unspecified atom stereocenters. The predicted octanol–water partition coefficient (Wildman–Crippen LogP) is 11.8. The molecular formula is C103H127N15O7. The number of para-hydroxylation sites is 1. The summed E-state index contributed by atoms with van der Waals surface area (Å²) in [7, 11) is 0. The molecule has 22 heteroatoms. The molecule has 6 amide bonds. The van der Waals surface area contributed by atoms with Crippen LogP contribution in [0.1, 0.15) is 168 Å². The molecule has 3 saturated heterocycles. The number of unbranched alkanes of at least 4 members (excludes halogenated alkanes) is 2. The van der Waals surface area contributed by atoms with Crippen LogP contribution in [0.25, 0.3) is 11.0 Å². The highest BCUT2D eigenvalue weighted by molar-refractivity contribution is 5.96. The molecule has 5 aliphatic heterocycles. The Balaban J connectivity index is 0.000000161. The number of nitrogens with two attached hydrogens (primary N) is 3. The SMILES string of the molecule is CCC(N)=NCCC[C@@H]1N[C@H](CNC(=O)[C@H]2Cc3ccccc3CN2)CCN(CC(c2ccccc2)c2ccccc2)C1=O.NCCCC[C@@H]1N[C@H](CNC(=O)[C@H]2Cc3ccccc3CN2)CCN(CC(c2ccccc2)c2ccccc2)C1=O.NCCCC[C@@H]1N[C@H](CNC(=O)c2cc3ccccc3o2)CCN(CC(c2ccccc2)c2ccccc2)C1=O. The van der Waals surface area contributed by atoms with Crippen molar-refractivity contribution in [3.05, 3.63) is 322 Å². The molecule has 0 bridgehead atoms. The van der Waals surface area contributed by atoms with Gasteiger partial charge in [-0.3, -0.25) is 33.8 Å². The normalized spacial score (nSPS) is 19.8. The van der Waals surface area contributed by atoms with Gasteiger partial charge < -0.3 is 78.9 Å². The molecule has 15 rings (SSSR count). The van der Waals surface area contributed by atoms with Crippen LogP contribution < -0.4 is 59.7 Å². The number of amides is 6. The zero-order valence-corrected chi connectivity index (χ0v) is 72.4. The molecule has 656 valence electrons. The van der Waals surface area contributed by atoms with E-state index in [1.807, 2.05) is 131 Å². The molecule has 22 nitrogen and oxygen atoms in total. The Morgan fingerprint density at radius 3 is 1.10 bits per heavy atom. The van der Waals surface area contributed by atoms with Crippen LogP contribution in [-0.2, 0) is 49.9 Å². The number of furan rings is 1. The highest BCUT2D eigenvalue weighted by Crippen LogP contribution is 2.32. The van der Waals surface area contributed by atoms with Gasteiger partial charge >= 0.3 is 0 Å². The average molecular weight is 1690 g/mol. The molecule has 3 fully saturated rings. The molecule has 0 saturated carbocycles. The standard InChI is InChI=1S/C36H46N6O2.C34H43N5O2.C33H38N4O3/c1-2-34(37)38-20-11-18-32-36(44)42(25-31(26-12-5-3-6-13-26)27-14-7-4-8-15-27)21-19-30(41-32)24-40-35(43)33-22-28-16-9-10-17-29(28)23-39-33;35-19-10-9-17-31-34(41)39(24-30(25-11-3-1-4-12-25)26-13-5-2-6-14-26)20-18-29(38-31)23-37-33(40)32-21-27-15-7-8-16-28(27)22-36-32;34-19-10-9-16-29-33(39)37(23-28(24-11-3-1-4-12-24)25-13-5-2-6-14-25)20-18-27(36-29)22-35-32(38)31-21-26-15-7-8-17-30(26)40-31/h3-10,12-17,30-33,39,41H,2,11,18-25H2,1H3,(H2,37,38)(H,40,43);1-8,11-16,29-32,36,38H,9-10,17-24,35H2,(H,37,40);1-8,11-15,17,21,27-29,36H,9-10,16,18-20,22-23,34H2,(H,35,38)/t30-,32-,33+;29-,31-,32+;27-,29-/m000/s1. The van der Waals surface area contributed by atoms with Gasteiger partial charge in [-0.1, -0.05) is 268 Å². The van der Waals surface area contributed by atoms with Crippen molar-refractivity contribution in [2.75, 3.05) is 78.5 Å². The van der Waals surface area contributed by atoms with Crippen LogP contribution in [0.2, 0.25) is 0 Å². The summed E-state index contributed by atoms with van der Waals surface area (Å²) in [4.78, 5) is 91.6. The Morgan fingerprint density at radius 2 is 0.752 bits per heavy atom. The third kappa shape index (κ3) is 26.3. The van der Waals surface area contributed by atoms with E-state index in [1.165, 1.54) is 55.6 Å². The van der Waals surface area contributed by atoms with Gasteiger partial charge in [0.15, 0.2) is 5.76 Å². The Kier molecular flexibility index (Phi) is 34.7. The Morgan fingerprint density at radius 1 is 0.424 bits per heavy atom. The summed E-state index contributed by atoms with van der Waals surface area (Å²) >= 11 is 0. The van der Waals surface area contributed by atoms with E-state index in [-0.39, 0.29) is 102 Å². The summed E-state index contributed by atoms with van der Waals surface area (Å²) in [5.74, 6) is 1.27. The molecule has 125 heavy (non-hydrogen) atoms. The van der Waals surface area contributed by atoms with Crippen LogP contribution in [0.4, 0.5) is 0 Å². The minimum atomic E-state index is -0.357. The number of amidine groups is 1. The Labute approximate surface area is 737 Å². The molecule has 10 aromatic rings. The molecule has 5 aliphatic rings. The van der Waals surface area contributed by atoms with Crippen molar-refractivity contribution in [1.29, 1.82) is 0 Å². The second-order valence-electron chi connectivity index (χ2n) is 33.7. The molecule has 8 atom stereocenters. The number of carbonyl (C=O) groups is 6. The molecule has 6 heterocycles. The third-order valence-electron chi connectivity index (χ3n) is 25.0. The Hall–Kier alpha value is -11.5. The number of nitrogens with one attached hydrogen (secondary N) is 8. The van der Waals surface area contributed by atoms with Crippen molar-refractivity contribution in [1.82, 2.24) is 57.2 Å². The highest BCUT2D eigenvalue weighted by Gasteiger charge is 2.38. The van der Waals surface area contributed by atoms with Crippen LogP contribution in [0.3, 0.4) is 0 Å². The first-order valence-electron chi connectivity index (χ1n) is 45.3. The number of hydrogen-bond acceptors (Lipinski definition) is 15. The largest absolute Gasteiger partial charge is 0.451 e. The van der Waals surface area contributed by atoms with E-state index >= 15 is 0 Å². The van der Waals surface area contributed by atoms with Crippen molar-refractivity contribution in [2.45, 2.75) is 176 Å². The fourth-order valence-corrected chi connectivity index (χ4v) is 17.9. The minimum Gasteiger partial charge on any atom is -0.451 e. The van der Waals surface area contributed by atoms with Gasteiger partial charge in [-0.05, 0) is 151 Å². The second kappa shape index (κ2) is 47.6. The number of aliphatic imine (C=N–C) groups is 1. The first kappa shape index (κ1) is 91.2. The number of carbonyl (C=O) groups excluding carboxylic acids is 6. The molecule has 0 radical (unpaired) electrons. The molecule has 14 N–H and O–H groups in total. The number of fused-ring (bicyclic) bond motifs is 3. The van der Waals surface area contributed by atoms with E-state index in [1.54, 1.807) is 6.07 Å². The molecule has 9 aromatic carbocycles. The van der Waals surface area contributed by atoms with Crippen molar-refractivity contribution in [3.8, 4) is 0 Å². The van der Waals surface area contributed by atoms with Crippen molar-refractivity contribution in [2.24, 2.45) is 22.2 Å². The monoisotopic (exact) mass is 1690 g/mol. The lowest BCUT2D eigenvalue weighted by Crippen LogP contribution is -2.52. The number of nitrogens with zero attached hydrogens (tertiary/aromatic N) is 4. The first-order valence-corrected chi connectivity index (χ1v) is 45.3. The first-order chi connectivity index (χ1) is 61.2. The number of rotatable bonds is 34. The van der Waals surface area contributed by atoms with Gasteiger partial charge in [0.05, 0.1) is 36.0 Å². The van der Waals surface area contributed by atoms with Gasteiger partial charge in [0.25, 0.3) is 5.91 Å². The van der Waals surface area contributed by atoms with Gasteiger partial charge in [0, 0.05) is 126 Å². The fourth-order valence-electron chi connectivity index (χ4n) is 17.9. The summed E-state index contributed by atoms with van der Waals surface area (Å²) in [6, 6.07) is 86.8. The van der Waals surface area contributed by atoms with Crippen LogP contribution in [0.15, 0.2) is 270 Å². The van der Waals surface area contributed by atoms with E-state index < -0.39 is 0 Å². The van der Waals surface area contributed by atoms with Gasteiger partial charge in [-0.25, -0.2) is 0 Å². The summed E-state index contributed by atoms with van der Waals surface area (Å²) in [6.07, 6.45) is 10.7. The van der Waals surface area contributed by atoms with Crippen LogP contribution in [0, 0.1) is 0 Å². The summed E-state index contributed by atoms with van der Waals surface area (Å²) in [5, 5.41) is 27.8. The van der Waals surface area contributed by atoms with Crippen molar-refractivity contribution >= 4 is 52.2 Å². The van der Waals surface area contributed by atoms with Crippen LogP contribution in [0.5, 0.6) is 0 Å². The minimum absolute atomic E-state index is 0.00267. The summed E-state index contributed by atoms with van der Waals surface area (Å²) in [6.45, 7) is 10.3. The van der Waals surface area contributed by atoms with E-state index in [0.717, 1.165) is 69.6 Å². The number of benzene rings is 9. The summed E-state index contributed by atoms with van der Waals surface area (Å²) in [5.41, 5.74) is 30.2. The molecule has 1 aromatic heterocycles. The maximum Gasteiger partial charge on any atom is 0.287 e. The zero-order valence-electron chi connectivity index (χ0n) is 72.4. The van der Waals surface area contributed by atoms with Crippen LogP contribution in [-0.4, -0.2) is 183 Å². The van der Waals surface area contributed by atoms with Gasteiger partial charge in [0.2, 0.25) is 29.5 Å². The van der Waals surface area contributed by atoms with Crippen molar-refractivity contribution in [3.63, 3.8) is 0 Å². The fraction of sp³-hybridized carbons (Fsp3) is 0.388. The maximum absolute atomic E-state index is 14.1. The van der Waals surface area contributed by atoms with Gasteiger partial charge in [0.1, 0.15) is 5.58 Å². The average Bonchev–Trinajstić information content (AvgIpc) is 1.70. The summed E-state index contributed by atoms with van der Waals surface area (Å²) < 4.78 is 5.74. The molecule has 0 spiro atoms. The molecular weight excluding hydrogens is 1560 g/mol. The van der Waals surface area contributed by atoms with E-state index in [9.17, 15) is 28.8 Å².